The summed E-state index contributed by atoms with van der Waals surface area (Å²) in [4.78, 5) is 56.8. The monoisotopic (exact) mass is 721 g/mol. The molecule has 51 heavy (non-hydrogen) atoms. The zero-order chi connectivity index (χ0) is 36.5. The van der Waals surface area contributed by atoms with Gasteiger partial charge >= 0.3 is 7.60 Å². The number of hydrogen-bond acceptors (Lipinski definition) is 9. The summed E-state index contributed by atoms with van der Waals surface area (Å²) in [5.41, 5.74) is -2.53. The van der Waals surface area contributed by atoms with Crippen LogP contribution in [0.1, 0.15) is 36.8 Å². The number of aromatic amines is 1. The number of ether oxygens (including phenoxy) is 4. The first-order chi connectivity index (χ1) is 24.4. The van der Waals surface area contributed by atoms with Crippen molar-refractivity contribution in [3.05, 3.63) is 112 Å². The molecule has 1 fully saturated rings. The second-order valence-corrected chi connectivity index (χ2v) is 14.1. The number of fused-ring (bicyclic) bond motifs is 1. The summed E-state index contributed by atoms with van der Waals surface area (Å²) in [6.07, 6.45) is -4.31. The Kier molecular flexibility index (Phi) is 10.1. The van der Waals surface area contributed by atoms with Gasteiger partial charge in [0.15, 0.2) is 17.4 Å². The third kappa shape index (κ3) is 6.90. The average Bonchev–Trinajstić information content (AvgIpc) is 3.70. The van der Waals surface area contributed by atoms with Crippen molar-refractivity contribution in [2.45, 2.75) is 43.6 Å². The van der Waals surface area contributed by atoms with E-state index in [1.807, 2.05) is 54.6 Å². The van der Waals surface area contributed by atoms with Crippen LogP contribution in [0.2, 0.25) is 0 Å². The van der Waals surface area contributed by atoms with Crippen LogP contribution in [0.25, 0.3) is 11.2 Å². The van der Waals surface area contributed by atoms with Crippen molar-refractivity contribution in [1.82, 2.24) is 19.5 Å². The number of H-pyrrole nitrogens is 1. The zero-order valence-electron chi connectivity index (χ0n) is 28.1. The number of methoxy groups -OCH3 is 2. The van der Waals surface area contributed by atoms with E-state index in [1.165, 1.54) is 0 Å². The minimum atomic E-state index is -5.21. The van der Waals surface area contributed by atoms with Gasteiger partial charge in [-0.25, -0.2) is 9.37 Å². The van der Waals surface area contributed by atoms with E-state index in [-0.39, 0.29) is 17.1 Å². The molecular weight excluding hydrogens is 684 g/mol. The molecule has 0 aliphatic carbocycles. The number of aromatic nitrogens is 4. The summed E-state index contributed by atoms with van der Waals surface area (Å²) in [5, 5.41) is 2.49. The molecule has 1 aliphatic rings. The summed E-state index contributed by atoms with van der Waals surface area (Å²) < 4.78 is 54.1. The van der Waals surface area contributed by atoms with Gasteiger partial charge in [-0.15, -0.1) is 0 Å². The smallest absolute Gasteiger partial charge is 0.336 e. The molecule has 1 aliphatic heterocycles. The first-order valence-electron chi connectivity index (χ1n) is 16.0. The summed E-state index contributed by atoms with van der Waals surface area (Å²) >= 11 is 0. The van der Waals surface area contributed by atoms with E-state index in [0.29, 0.717) is 28.2 Å². The van der Waals surface area contributed by atoms with E-state index in [4.69, 9.17) is 18.9 Å². The average molecular weight is 722 g/mol. The van der Waals surface area contributed by atoms with E-state index < -0.39 is 61.4 Å². The fraction of sp³-hybridized carbons (Fsp3) is 0.314. The van der Waals surface area contributed by atoms with Crippen molar-refractivity contribution in [2.24, 2.45) is 5.92 Å². The van der Waals surface area contributed by atoms with Crippen molar-refractivity contribution in [2.75, 3.05) is 26.1 Å². The molecule has 4 N–H and O–H groups in total. The molecule has 268 valence electrons. The second kappa shape index (κ2) is 14.4. The zero-order valence-corrected chi connectivity index (χ0v) is 29.0. The Morgan fingerprint density at radius 2 is 1.57 bits per heavy atom. The topological polar surface area (TPSA) is 187 Å². The van der Waals surface area contributed by atoms with E-state index >= 15 is 4.39 Å². The van der Waals surface area contributed by atoms with Crippen molar-refractivity contribution in [3.8, 4) is 11.5 Å². The Morgan fingerprint density at radius 1 is 1.00 bits per heavy atom. The van der Waals surface area contributed by atoms with Gasteiger partial charge < -0.3 is 28.7 Å². The molecule has 4 atom stereocenters. The van der Waals surface area contributed by atoms with Crippen LogP contribution in [-0.2, 0) is 24.4 Å². The Labute approximate surface area is 291 Å². The quantitative estimate of drug-likeness (QED) is 0.105. The molecule has 0 saturated carbocycles. The molecule has 6 rings (SSSR count). The Balaban J connectivity index is 1.42. The molecule has 0 radical (unpaired) electrons. The summed E-state index contributed by atoms with van der Waals surface area (Å²) in [6.45, 7) is 2.82. The van der Waals surface area contributed by atoms with E-state index in [0.717, 1.165) is 10.9 Å². The van der Waals surface area contributed by atoms with Gasteiger partial charge in [0.1, 0.15) is 35.0 Å². The van der Waals surface area contributed by atoms with Gasteiger partial charge in [-0.1, -0.05) is 68.4 Å². The predicted octanol–water partition coefficient (Wildman–Crippen LogP) is 4.52. The van der Waals surface area contributed by atoms with Crippen LogP contribution >= 0.6 is 7.60 Å². The van der Waals surface area contributed by atoms with Crippen molar-refractivity contribution in [3.63, 3.8) is 0 Å². The van der Waals surface area contributed by atoms with Gasteiger partial charge in [0.05, 0.1) is 27.2 Å². The molecule has 1 amide bonds. The van der Waals surface area contributed by atoms with Gasteiger partial charge in [-0.3, -0.25) is 29.0 Å². The highest BCUT2D eigenvalue weighted by molar-refractivity contribution is 7.52. The minimum absolute atomic E-state index is 0.176. The third-order valence-corrected chi connectivity index (χ3v) is 10.1. The third-order valence-electron chi connectivity index (χ3n) is 8.79. The number of nitrogens with zero attached hydrogens (tertiary/aromatic N) is 3. The molecule has 0 spiro atoms. The van der Waals surface area contributed by atoms with E-state index in [1.54, 1.807) is 52.3 Å². The Morgan fingerprint density at radius 3 is 2.10 bits per heavy atom. The van der Waals surface area contributed by atoms with Gasteiger partial charge in [0, 0.05) is 5.92 Å². The number of halogens is 1. The normalized spacial score (nSPS) is 19.4. The number of hydrogen-bond donors (Lipinski definition) is 4. The highest BCUT2D eigenvalue weighted by atomic mass is 31.2. The molecule has 1 saturated heterocycles. The number of carbonyl (C=O) groups excluding carboxylic acids is 1. The fourth-order valence-electron chi connectivity index (χ4n) is 6.14. The standard InChI is InChI=1S/C35H37FN5O9P/c1-20(2)31(42)39-34-38-30-28(32(43)40-34)37-19-41(30)33-29(51(44,45)46)27(36)26(50-33)18-49-35(21-8-6-5-7-9-21,22-10-14-24(47-3)15-11-22)23-12-16-25(48-4)17-13-23/h5-17,19-20,26-27,29,33H,18H2,1-4H3,(H2,44,45,46)(H2,38,39,40,42,43)/t26-,27+,29-,33-/m1/s1. The number of alkyl halides is 1. The molecule has 5 aromatic rings. The molecule has 0 bridgehead atoms. The lowest BCUT2D eigenvalue weighted by Gasteiger charge is -2.37. The lowest BCUT2D eigenvalue weighted by Crippen LogP contribution is -2.38. The summed E-state index contributed by atoms with van der Waals surface area (Å²) in [5.74, 6) is 0.0859. The number of anilines is 1. The van der Waals surface area contributed by atoms with Crippen molar-refractivity contribution >= 4 is 30.6 Å². The van der Waals surface area contributed by atoms with Crippen molar-refractivity contribution < 1.29 is 42.5 Å². The predicted molar refractivity (Wildman–Crippen MR) is 185 cm³/mol. The largest absolute Gasteiger partial charge is 0.497 e. The molecule has 16 heteroatoms. The first-order valence-corrected chi connectivity index (χ1v) is 17.7. The number of amides is 1. The van der Waals surface area contributed by atoms with Crippen LogP contribution < -0.4 is 20.3 Å². The van der Waals surface area contributed by atoms with Gasteiger partial charge in [-0.05, 0) is 41.0 Å². The molecule has 3 aromatic carbocycles. The summed E-state index contributed by atoms with van der Waals surface area (Å²) in [7, 11) is -2.12. The molecule has 14 nitrogen and oxygen atoms in total. The van der Waals surface area contributed by atoms with Gasteiger partial charge in [0.25, 0.3) is 5.56 Å². The van der Waals surface area contributed by atoms with E-state index in [2.05, 4.69) is 20.3 Å². The van der Waals surface area contributed by atoms with Crippen LogP contribution in [0, 0.1) is 5.92 Å². The van der Waals surface area contributed by atoms with Crippen LogP contribution in [0.4, 0.5) is 10.3 Å². The molecule has 3 heterocycles. The molecular formula is C35H37FN5O9P. The number of benzene rings is 3. The highest BCUT2D eigenvalue weighted by Gasteiger charge is 2.56. The second-order valence-electron chi connectivity index (χ2n) is 12.3. The van der Waals surface area contributed by atoms with Crippen LogP contribution in [0.5, 0.6) is 11.5 Å². The molecule has 0 unspecified atom stereocenters. The van der Waals surface area contributed by atoms with Gasteiger partial charge in [-0.2, -0.15) is 4.98 Å². The fourth-order valence-corrected chi connectivity index (χ4v) is 7.25. The Hall–Kier alpha value is -4.92. The number of rotatable bonds is 12. The number of imidazole rings is 1. The molecule has 2 aromatic heterocycles. The van der Waals surface area contributed by atoms with Crippen LogP contribution in [0.3, 0.4) is 0 Å². The maximum Gasteiger partial charge on any atom is 0.336 e. The summed E-state index contributed by atoms with van der Waals surface area (Å²) in [6, 6.07) is 23.5. The highest BCUT2D eigenvalue weighted by Crippen LogP contribution is 2.55. The van der Waals surface area contributed by atoms with Crippen molar-refractivity contribution in [1.29, 1.82) is 0 Å². The SMILES string of the molecule is COc1ccc(C(OC[C@H]2O[C@@H](n3cnc4c(=O)[nH]c(NC(=O)C(C)C)nc43)[C@H](P(=O)(O)O)[C@H]2F)(c2ccccc2)c2ccc(OC)cc2)cc1. The Bertz CT molecular complexity index is 2060. The lowest BCUT2D eigenvalue weighted by atomic mass is 9.80. The van der Waals surface area contributed by atoms with Crippen LogP contribution in [0.15, 0.2) is 90.0 Å². The number of nitrogens with one attached hydrogen (secondary N) is 2. The maximum atomic E-state index is 16.5. The van der Waals surface area contributed by atoms with Gasteiger partial charge in [0.2, 0.25) is 11.9 Å². The van der Waals surface area contributed by atoms with E-state index in [9.17, 15) is 23.9 Å². The maximum absolute atomic E-state index is 16.5. The lowest BCUT2D eigenvalue weighted by molar-refractivity contribution is -0.118. The minimum Gasteiger partial charge on any atom is -0.497 e. The number of carbonyl (C=O) groups is 1. The first kappa shape index (κ1) is 35.9. The van der Waals surface area contributed by atoms with Crippen LogP contribution in [-0.4, -0.2) is 74.0 Å².